The Morgan fingerprint density at radius 1 is 1.39 bits per heavy atom. The van der Waals surface area contributed by atoms with E-state index in [1.165, 1.54) is 0 Å². The molecule has 1 aromatic carbocycles. The number of aromatic nitrogens is 2. The molecule has 2 aliphatic heterocycles. The van der Waals surface area contributed by atoms with Crippen molar-refractivity contribution in [2.45, 2.75) is 31.4 Å². The van der Waals surface area contributed by atoms with Gasteiger partial charge >= 0.3 is 0 Å². The third-order valence-electron chi connectivity index (χ3n) is 5.77. The van der Waals surface area contributed by atoms with E-state index in [0.717, 1.165) is 24.2 Å². The van der Waals surface area contributed by atoms with Gasteiger partial charge in [0.05, 0.1) is 25.0 Å². The summed E-state index contributed by atoms with van der Waals surface area (Å²) >= 11 is 5.97. The Balaban J connectivity index is 1.38. The minimum absolute atomic E-state index is 0.0188. The molecule has 0 aliphatic carbocycles. The molecular weight excluding hydrogens is 418 g/mol. The summed E-state index contributed by atoms with van der Waals surface area (Å²) in [6, 6.07) is 7.67. The van der Waals surface area contributed by atoms with Gasteiger partial charge in [-0.25, -0.2) is 0 Å². The summed E-state index contributed by atoms with van der Waals surface area (Å²) in [6.07, 6.45) is 1.40. The normalized spacial score (nSPS) is 22.0. The molecule has 8 nitrogen and oxygen atoms in total. The van der Waals surface area contributed by atoms with Gasteiger partial charge in [0.2, 0.25) is 5.89 Å². The average molecular weight is 444 g/mol. The van der Waals surface area contributed by atoms with Gasteiger partial charge in [-0.2, -0.15) is 4.98 Å². The van der Waals surface area contributed by atoms with Crippen LogP contribution >= 0.6 is 11.6 Å². The summed E-state index contributed by atoms with van der Waals surface area (Å²) in [4.78, 5) is 25.2. The fraction of sp³-hybridized carbons (Fsp3) is 0.455. The van der Waals surface area contributed by atoms with Crippen LogP contribution in [0.4, 0.5) is 0 Å². The van der Waals surface area contributed by atoms with E-state index in [1.54, 1.807) is 11.9 Å². The summed E-state index contributed by atoms with van der Waals surface area (Å²) in [5.41, 5.74) is 2.51. The fourth-order valence-corrected chi connectivity index (χ4v) is 4.10. The maximum absolute atomic E-state index is 12.9. The second-order valence-corrected chi connectivity index (χ2v) is 8.52. The van der Waals surface area contributed by atoms with Crippen LogP contribution in [0.3, 0.4) is 0 Å². The lowest BCUT2D eigenvalue weighted by molar-refractivity contribution is -0.127. The lowest BCUT2D eigenvalue weighted by Gasteiger charge is -2.27. The second kappa shape index (κ2) is 9.30. The molecule has 0 radical (unpaired) electrons. The molecule has 164 valence electrons. The van der Waals surface area contributed by atoms with E-state index in [-0.39, 0.29) is 24.5 Å². The number of rotatable bonds is 6. The van der Waals surface area contributed by atoms with Crippen molar-refractivity contribution in [1.82, 2.24) is 19.9 Å². The van der Waals surface area contributed by atoms with E-state index in [4.69, 9.17) is 20.9 Å². The molecule has 2 aromatic rings. The zero-order valence-corrected chi connectivity index (χ0v) is 18.5. The highest BCUT2D eigenvalue weighted by Gasteiger charge is 2.32. The number of hydrogen-bond donors (Lipinski definition) is 0. The van der Waals surface area contributed by atoms with Crippen molar-refractivity contribution in [3.05, 3.63) is 57.8 Å². The number of ether oxygens (including phenoxy) is 1. The number of likely N-dealkylation sites (N-methyl/N-ethyl adjacent to an activating group) is 2. The lowest BCUT2D eigenvalue weighted by atomic mass is 10.0. The largest absolute Gasteiger partial charge is 0.373 e. The second-order valence-electron chi connectivity index (χ2n) is 8.08. The number of aliphatic imine (C=N–C) groups is 1. The highest BCUT2D eigenvalue weighted by molar-refractivity contribution is 6.30. The van der Waals surface area contributed by atoms with Crippen LogP contribution in [-0.4, -0.2) is 66.4 Å². The van der Waals surface area contributed by atoms with Crippen molar-refractivity contribution in [3.63, 3.8) is 0 Å². The molecule has 1 saturated heterocycles. The van der Waals surface area contributed by atoms with Crippen molar-refractivity contribution in [2.75, 3.05) is 33.8 Å². The first-order chi connectivity index (χ1) is 14.9. The molecule has 3 heterocycles. The Hall–Kier alpha value is -2.55. The maximum atomic E-state index is 12.9. The van der Waals surface area contributed by atoms with Crippen LogP contribution in [0.2, 0.25) is 5.02 Å². The third-order valence-corrected chi connectivity index (χ3v) is 6.02. The fourth-order valence-electron chi connectivity index (χ4n) is 3.97. The van der Waals surface area contributed by atoms with Crippen LogP contribution in [0.25, 0.3) is 0 Å². The topological polar surface area (TPSA) is 84.1 Å². The van der Waals surface area contributed by atoms with E-state index in [0.29, 0.717) is 41.9 Å². The average Bonchev–Trinajstić information content (AvgIpc) is 3.43. The van der Waals surface area contributed by atoms with Crippen LogP contribution in [0, 0.1) is 0 Å². The van der Waals surface area contributed by atoms with Gasteiger partial charge < -0.3 is 19.1 Å². The van der Waals surface area contributed by atoms with Crippen LogP contribution in [0.5, 0.6) is 0 Å². The first-order valence-electron chi connectivity index (χ1n) is 10.3. The van der Waals surface area contributed by atoms with Crippen molar-refractivity contribution >= 4 is 24.2 Å². The van der Waals surface area contributed by atoms with Gasteiger partial charge in [0.15, 0.2) is 5.82 Å². The standard InChI is InChI=1S/C22H26ClN5O3/c1-24-18-11-27(2)9-8-17(18)22(29)28(3)12-20-25-21(26-31-20)15-10-19(30-13-15)14-4-6-16(23)7-5-14/h4-7,15,19H,1,8-13H2,2-3H3/t15-,19+/m0/s1. The number of hydrogen-bond acceptors (Lipinski definition) is 7. The number of carbonyl (C=O) groups is 1. The molecule has 31 heavy (non-hydrogen) atoms. The molecular formula is C22H26ClN5O3. The lowest BCUT2D eigenvalue weighted by Crippen LogP contribution is -2.35. The Morgan fingerprint density at radius 3 is 2.90 bits per heavy atom. The predicted octanol–water partition coefficient (Wildman–Crippen LogP) is 3.22. The zero-order chi connectivity index (χ0) is 22.0. The molecule has 2 aliphatic rings. The highest BCUT2D eigenvalue weighted by Crippen LogP contribution is 2.37. The van der Waals surface area contributed by atoms with Gasteiger partial charge in [-0.3, -0.25) is 9.79 Å². The zero-order valence-electron chi connectivity index (χ0n) is 17.8. The van der Waals surface area contributed by atoms with Gasteiger partial charge in [-0.05, 0) is 44.3 Å². The summed E-state index contributed by atoms with van der Waals surface area (Å²) in [6.45, 7) is 5.81. The summed E-state index contributed by atoms with van der Waals surface area (Å²) in [5.74, 6) is 0.983. The number of halogens is 1. The van der Waals surface area contributed by atoms with Crippen molar-refractivity contribution in [1.29, 1.82) is 0 Å². The number of benzene rings is 1. The molecule has 0 bridgehead atoms. The predicted molar refractivity (Wildman–Crippen MR) is 117 cm³/mol. The minimum Gasteiger partial charge on any atom is -0.373 e. The maximum Gasteiger partial charge on any atom is 0.251 e. The van der Waals surface area contributed by atoms with E-state index < -0.39 is 0 Å². The highest BCUT2D eigenvalue weighted by atomic mass is 35.5. The minimum atomic E-state index is -0.0812. The summed E-state index contributed by atoms with van der Waals surface area (Å²) in [7, 11) is 3.73. The monoisotopic (exact) mass is 443 g/mol. The van der Waals surface area contributed by atoms with Crippen LogP contribution < -0.4 is 0 Å². The van der Waals surface area contributed by atoms with E-state index >= 15 is 0 Å². The van der Waals surface area contributed by atoms with Crippen molar-refractivity contribution in [2.24, 2.45) is 4.99 Å². The molecule has 0 saturated carbocycles. The van der Waals surface area contributed by atoms with Crippen LogP contribution in [-0.2, 0) is 16.1 Å². The number of carbonyl (C=O) groups excluding carboxylic acids is 1. The van der Waals surface area contributed by atoms with E-state index in [2.05, 4.69) is 26.8 Å². The first kappa shape index (κ1) is 21.7. The molecule has 1 amide bonds. The molecule has 0 N–H and O–H groups in total. The molecule has 4 rings (SSSR count). The molecule has 1 fully saturated rings. The molecule has 0 unspecified atom stereocenters. The quantitative estimate of drug-likeness (QED) is 0.637. The van der Waals surface area contributed by atoms with Gasteiger partial charge in [-0.15, -0.1) is 0 Å². The molecule has 9 heteroatoms. The SMILES string of the molecule is C=NC1=C(C(=O)N(C)Cc2nc([C@@H]3CO[C@@H](c4ccc(Cl)cc4)C3)no2)CCN(C)C1. The molecule has 1 aromatic heterocycles. The van der Waals surface area contributed by atoms with Crippen molar-refractivity contribution < 1.29 is 14.1 Å². The van der Waals surface area contributed by atoms with Crippen LogP contribution in [0.1, 0.15) is 42.1 Å². The van der Waals surface area contributed by atoms with Gasteiger partial charge in [0.25, 0.3) is 5.91 Å². The van der Waals surface area contributed by atoms with E-state index in [1.807, 2.05) is 31.3 Å². The van der Waals surface area contributed by atoms with Gasteiger partial charge in [-0.1, -0.05) is 28.9 Å². The van der Waals surface area contributed by atoms with Gasteiger partial charge in [0, 0.05) is 36.7 Å². The Kier molecular flexibility index (Phi) is 6.50. The summed E-state index contributed by atoms with van der Waals surface area (Å²) < 4.78 is 11.4. The first-order valence-corrected chi connectivity index (χ1v) is 10.6. The summed E-state index contributed by atoms with van der Waals surface area (Å²) in [5, 5.41) is 4.83. The Morgan fingerprint density at radius 2 is 2.16 bits per heavy atom. The smallest absolute Gasteiger partial charge is 0.251 e. The van der Waals surface area contributed by atoms with Gasteiger partial charge in [0.1, 0.15) is 0 Å². The van der Waals surface area contributed by atoms with E-state index in [9.17, 15) is 4.79 Å². The molecule has 2 atom stereocenters. The Bertz CT molecular complexity index is 987. The Labute approximate surface area is 186 Å². The molecule has 0 spiro atoms. The number of amides is 1. The number of nitrogens with zero attached hydrogens (tertiary/aromatic N) is 5. The van der Waals surface area contributed by atoms with Crippen molar-refractivity contribution in [3.8, 4) is 0 Å². The van der Waals surface area contributed by atoms with Crippen LogP contribution in [0.15, 0.2) is 45.1 Å². The third kappa shape index (κ3) is 4.87.